The summed E-state index contributed by atoms with van der Waals surface area (Å²) in [5, 5.41) is 0.170. The molecule has 5 heteroatoms. The summed E-state index contributed by atoms with van der Waals surface area (Å²) in [5.74, 6) is -0.526. The first-order valence-electron chi connectivity index (χ1n) is 5.08. The lowest BCUT2D eigenvalue weighted by Gasteiger charge is -2.05. The first kappa shape index (κ1) is 13.7. The second kappa shape index (κ2) is 5.91. The Morgan fingerprint density at radius 2 is 1.78 bits per heavy atom. The minimum atomic E-state index is -0.478. The molecule has 0 aliphatic carbocycles. The van der Waals surface area contributed by atoms with Crippen molar-refractivity contribution in [2.45, 2.75) is 10.6 Å². The highest BCUT2D eigenvalue weighted by Crippen LogP contribution is 2.28. The maximum atomic E-state index is 13.6. The molecule has 0 saturated carbocycles. The first-order valence-corrected chi connectivity index (χ1v) is 6.83. The molecule has 0 heterocycles. The van der Waals surface area contributed by atoms with Gasteiger partial charge in [0.15, 0.2) is 0 Å². The molecule has 0 unspecified atom stereocenters. The van der Waals surface area contributed by atoms with Gasteiger partial charge in [0, 0.05) is 10.6 Å². The smallest absolute Gasteiger partial charge is 0.145 e. The summed E-state index contributed by atoms with van der Waals surface area (Å²) in [6.07, 6.45) is 0. The fourth-order valence-corrected chi connectivity index (χ4v) is 2.60. The highest BCUT2D eigenvalue weighted by atomic mass is 35.5. The van der Waals surface area contributed by atoms with Crippen LogP contribution in [0, 0.1) is 11.6 Å². The largest absolute Gasteiger partial charge is 0.205 e. The molecule has 0 fully saturated rings. The summed E-state index contributed by atoms with van der Waals surface area (Å²) in [5.41, 5.74) is 0.489. The highest BCUT2D eigenvalue weighted by Gasteiger charge is 2.07. The number of hydrogen-bond donors (Lipinski definition) is 0. The Balaban J connectivity index is 2.11. The van der Waals surface area contributed by atoms with Crippen LogP contribution in [0.3, 0.4) is 0 Å². The zero-order valence-corrected chi connectivity index (χ0v) is 11.4. The summed E-state index contributed by atoms with van der Waals surface area (Å²) < 4.78 is 26.8. The van der Waals surface area contributed by atoms with Crippen LogP contribution in [-0.4, -0.2) is 0 Å². The van der Waals surface area contributed by atoms with Gasteiger partial charge >= 0.3 is 0 Å². The van der Waals surface area contributed by atoms with Crippen molar-refractivity contribution in [1.82, 2.24) is 0 Å². The van der Waals surface area contributed by atoms with Gasteiger partial charge in [-0.3, -0.25) is 0 Å². The Kier molecular flexibility index (Phi) is 4.49. The molecule has 0 amide bonds. The van der Waals surface area contributed by atoms with E-state index in [0.29, 0.717) is 16.2 Å². The molecule has 0 aromatic heterocycles. The van der Waals surface area contributed by atoms with Crippen molar-refractivity contribution in [3.05, 3.63) is 63.6 Å². The van der Waals surface area contributed by atoms with Crippen molar-refractivity contribution in [2.75, 3.05) is 0 Å². The number of halogens is 4. The average molecular weight is 305 g/mol. The van der Waals surface area contributed by atoms with Crippen LogP contribution >= 0.6 is 35.0 Å². The number of hydrogen-bond acceptors (Lipinski definition) is 1. The van der Waals surface area contributed by atoms with E-state index in [9.17, 15) is 8.78 Å². The van der Waals surface area contributed by atoms with Crippen molar-refractivity contribution < 1.29 is 8.78 Å². The van der Waals surface area contributed by atoms with E-state index >= 15 is 0 Å². The monoisotopic (exact) mass is 304 g/mol. The Bertz CT molecular complexity index is 573. The quantitative estimate of drug-likeness (QED) is 0.669. The topological polar surface area (TPSA) is 0 Å². The molecule has 0 bridgehead atoms. The van der Waals surface area contributed by atoms with E-state index in [1.54, 1.807) is 18.2 Å². The molecular weight excluding hydrogens is 297 g/mol. The molecule has 0 radical (unpaired) electrons. The third kappa shape index (κ3) is 3.16. The van der Waals surface area contributed by atoms with Gasteiger partial charge in [-0.1, -0.05) is 35.3 Å². The van der Waals surface area contributed by atoms with Gasteiger partial charge in [0.25, 0.3) is 0 Å². The van der Waals surface area contributed by atoms with Crippen LogP contribution in [-0.2, 0) is 5.75 Å². The Hall–Kier alpha value is -0.770. The molecule has 0 aliphatic heterocycles. The fraction of sp³-hybridized carbons (Fsp3) is 0.0769. The van der Waals surface area contributed by atoms with Crippen LogP contribution in [0.2, 0.25) is 10.0 Å². The van der Waals surface area contributed by atoms with Gasteiger partial charge in [-0.05, 0) is 29.8 Å². The van der Waals surface area contributed by atoms with E-state index in [-0.39, 0.29) is 10.0 Å². The van der Waals surface area contributed by atoms with Gasteiger partial charge in [-0.25, -0.2) is 8.78 Å². The van der Waals surface area contributed by atoms with Gasteiger partial charge in [-0.15, -0.1) is 11.8 Å². The number of rotatable bonds is 3. The lowest BCUT2D eigenvalue weighted by Crippen LogP contribution is -1.88. The van der Waals surface area contributed by atoms with Gasteiger partial charge < -0.3 is 0 Å². The predicted molar refractivity (Wildman–Crippen MR) is 72.4 cm³/mol. The fourth-order valence-electron chi connectivity index (χ4n) is 1.39. The van der Waals surface area contributed by atoms with Crippen LogP contribution in [0.4, 0.5) is 8.78 Å². The van der Waals surface area contributed by atoms with Crippen LogP contribution in [0.5, 0.6) is 0 Å². The Labute approximate surface area is 118 Å². The predicted octanol–water partition coefficient (Wildman–Crippen LogP) is 5.56. The molecule has 2 rings (SSSR count). The van der Waals surface area contributed by atoms with Crippen molar-refractivity contribution in [3.8, 4) is 0 Å². The van der Waals surface area contributed by atoms with Crippen molar-refractivity contribution >= 4 is 35.0 Å². The van der Waals surface area contributed by atoms with E-state index in [4.69, 9.17) is 23.2 Å². The van der Waals surface area contributed by atoms with Gasteiger partial charge in [0.1, 0.15) is 11.6 Å². The van der Waals surface area contributed by atoms with E-state index in [2.05, 4.69) is 0 Å². The number of thioether (sulfide) groups is 1. The molecule has 2 aromatic rings. The first-order chi connectivity index (χ1) is 8.58. The lowest BCUT2D eigenvalue weighted by atomic mass is 10.2. The van der Waals surface area contributed by atoms with Crippen LogP contribution < -0.4 is 0 Å². The van der Waals surface area contributed by atoms with Gasteiger partial charge in [0.2, 0.25) is 0 Å². The third-order valence-corrected chi connectivity index (χ3v) is 3.96. The normalized spacial score (nSPS) is 10.7. The van der Waals surface area contributed by atoms with Gasteiger partial charge in [-0.2, -0.15) is 0 Å². The molecule has 0 saturated heterocycles. The zero-order chi connectivity index (χ0) is 13.1. The Morgan fingerprint density at radius 3 is 2.50 bits per heavy atom. The lowest BCUT2D eigenvalue weighted by molar-refractivity contribution is 0.617. The van der Waals surface area contributed by atoms with E-state index < -0.39 is 11.6 Å². The molecular formula is C13H8Cl2F2S. The highest BCUT2D eigenvalue weighted by molar-refractivity contribution is 7.98. The second-order valence-corrected chi connectivity index (χ2v) is 5.44. The molecule has 94 valence electrons. The van der Waals surface area contributed by atoms with E-state index in [0.717, 1.165) is 0 Å². The van der Waals surface area contributed by atoms with Crippen molar-refractivity contribution in [1.29, 1.82) is 0 Å². The molecule has 0 spiro atoms. The van der Waals surface area contributed by atoms with Crippen molar-refractivity contribution in [2.24, 2.45) is 0 Å². The summed E-state index contributed by atoms with van der Waals surface area (Å²) in [7, 11) is 0. The molecule has 0 aliphatic rings. The van der Waals surface area contributed by atoms with Crippen LogP contribution in [0.1, 0.15) is 5.56 Å². The van der Waals surface area contributed by atoms with Crippen LogP contribution in [0.25, 0.3) is 0 Å². The van der Waals surface area contributed by atoms with E-state index in [1.165, 1.54) is 30.0 Å². The van der Waals surface area contributed by atoms with Gasteiger partial charge in [0.05, 0.1) is 10.0 Å². The zero-order valence-electron chi connectivity index (χ0n) is 9.09. The summed E-state index contributed by atoms with van der Waals surface area (Å²) in [6, 6.07) is 9.33. The van der Waals surface area contributed by atoms with Crippen molar-refractivity contribution in [3.63, 3.8) is 0 Å². The second-order valence-electron chi connectivity index (χ2n) is 3.58. The third-order valence-electron chi connectivity index (χ3n) is 2.32. The number of benzene rings is 2. The van der Waals surface area contributed by atoms with E-state index in [1.807, 2.05) is 0 Å². The minimum absolute atomic E-state index is 0.0771. The van der Waals surface area contributed by atoms with Crippen LogP contribution in [0.15, 0.2) is 41.3 Å². The summed E-state index contributed by atoms with van der Waals surface area (Å²) in [6.45, 7) is 0. The maximum absolute atomic E-state index is 13.6. The molecule has 0 N–H and O–H groups in total. The summed E-state index contributed by atoms with van der Waals surface area (Å²) >= 11 is 12.6. The SMILES string of the molecule is Fc1cc(SCc2cccc(Cl)c2F)ccc1Cl. The molecule has 0 nitrogen and oxygen atoms in total. The standard InChI is InChI=1S/C13H8Cl2F2S/c14-10-5-4-9(6-12(10)16)18-7-8-2-1-3-11(15)13(8)17/h1-6H,7H2. The average Bonchev–Trinajstić information content (AvgIpc) is 2.35. The minimum Gasteiger partial charge on any atom is -0.205 e. The summed E-state index contributed by atoms with van der Waals surface area (Å²) in [4.78, 5) is 0.691. The Morgan fingerprint density at radius 1 is 1.00 bits per heavy atom. The molecule has 2 aromatic carbocycles. The maximum Gasteiger partial charge on any atom is 0.145 e. The molecule has 0 atom stereocenters. The molecule has 18 heavy (non-hydrogen) atoms.